The Balaban J connectivity index is 2.43. The van der Waals surface area contributed by atoms with Crippen molar-refractivity contribution in [2.45, 2.75) is 40.2 Å². The summed E-state index contributed by atoms with van der Waals surface area (Å²) in [7, 11) is 0. The third-order valence-corrected chi connectivity index (χ3v) is 4.64. The first kappa shape index (κ1) is 16.0. The van der Waals surface area contributed by atoms with E-state index < -0.39 is 6.04 Å². The van der Waals surface area contributed by atoms with Crippen LogP contribution in [-0.4, -0.2) is 24.4 Å². The quantitative estimate of drug-likeness (QED) is 0.908. The number of aryl methyl sites for hydroxylation is 2. The van der Waals surface area contributed by atoms with Crippen LogP contribution in [0.2, 0.25) is 0 Å². The Labute approximate surface area is 134 Å². The largest absolute Gasteiger partial charge is 0.342 e. The van der Waals surface area contributed by atoms with Crippen molar-refractivity contribution in [2.75, 3.05) is 11.4 Å². The Morgan fingerprint density at radius 3 is 2.62 bits per heavy atom. The van der Waals surface area contributed by atoms with Crippen molar-refractivity contribution in [1.82, 2.24) is 5.32 Å². The monoisotopic (exact) mass is 352 g/mol. The van der Waals surface area contributed by atoms with Crippen LogP contribution in [0.3, 0.4) is 0 Å². The van der Waals surface area contributed by atoms with Gasteiger partial charge in [-0.3, -0.25) is 14.5 Å². The molecular weight excluding hydrogens is 332 g/mol. The average Bonchev–Trinajstić information content (AvgIpc) is 2.40. The highest BCUT2D eigenvalue weighted by Crippen LogP contribution is 2.33. The van der Waals surface area contributed by atoms with E-state index in [2.05, 4.69) is 21.2 Å². The molecule has 1 aliphatic heterocycles. The lowest BCUT2D eigenvalue weighted by Gasteiger charge is -2.36. The van der Waals surface area contributed by atoms with Gasteiger partial charge in [0.15, 0.2) is 0 Å². The van der Waals surface area contributed by atoms with Crippen molar-refractivity contribution in [3.63, 3.8) is 0 Å². The molecule has 1 saturated heterocycles. The minimum Gasteiger partial charge on any atom is -0.342 e. The molecule has 0 aliphatic carbocycles. The fourth-order valence-corrected chi connectivity index (χ4v) is 3.62. The Morgan fingerprint density at radius 2 is 2.05 bits per heavy atom. The molecule has 0 bridgehead atoms. The standard InChI is InChI=1S/C16H21BrN2O2/c1-5-10(3)14-16(21)19(8-13(20)18-14)15-11(4)6-9(2)7-12(15)17/h6-7,10,14H,5,8H2,1-4H3,(H,18,20). The van der Waals surface area contributed by atoms with Crippen LogP contribution in [0.15, 0.2) is 16.6 Å². The maximum atomic E-state index is 12.8. The van der Waals surface area contributed by atoms with Gasteiger partial charge in [0.05, 0.1) is 5.69 Å². The first-order valence-corrected chi connectivity index (χ1v) is 8.02. The molecule has 1 aromatic carbocycles. The van der Waals surface area contributed by atoms with Gasteiger partial charge in [0.2, 0.25) is 11.8 Å². The fraction of sp³-hybridized carbons (Fsp3) is 0.500. The van der Waals surface area contributed by atoms with Crippen LogP contribution >= 0.6 is 15.9 Å². The number of nitrogens with one attached hydrogen (secondary N) is 1. The van der Waals surface area contributed by atoms with Gasteiger partial charge in [0.25, 0.3) is 0 Å². The Morgan fingerprint density at radius 1 is 1.38 bits per heavy atom. The van der Waals surface area contributed by atoms with Gasteiger partial charge in [-0.15, -0.1) is 0 Å². The van der Waals surface area contributed by atoms with Gasteiger partial charge in [-0.05, 0) is 52.9 Å². The molecular formula is C16H21BrN2O2. The smallest absolute Gasteiger partial charge is 0.250 e. The van der Waals surface area contributed by atoms with E-state index in [9.17, 15) is 9.59 Å². The Hall–Kier alpha value is -1.36. The first-order chi connectivity index (χ1) is 9.85. The maximum absolute atomic E-state index is 12.8. The summed E-state index contributed by atoms with van der Waals surface area (Å²) in [5.41, 5.74) is 2.91. The molecule has 1 aromatic rings. The Bertz CT molecular complexity index is 563. The average molecular weight is 353 g/mol. The fourth-order valence-electron chi connectivity index (χ4n) is 2.73. The van der Waals surface area contributed by atoms with Crippen molar-refractivity contribution in [2.24, 2.45) is 5.92 Å². The molecule has 2 atom stereocenters. The molecule has 0 spiro atoms. The molecule has 114 valence electrons. The van der Waals surface area contributed by atoms with Gasteiger partial charge >= 0.3 is 0 Å². The van der Waals surface area contributed by atoms with Crippen LogP contribution in [0, 0.1) is 19.8 Å². The molecule has 4 nitrogen and oxygen atoms in total. The summed E-state index contributed by atoms with van der Waals surface area (Å²) >= 11 is 3.53. The molecule has 2 rings (SSSR count). The number of amides is 2. The number of hydrogen-bond acceptors (Lipinski definition) is 2. The molecule has 2 amide bonds. The van der Waals surface area contributed by atoms with Crippen molar-refractivity contribution in [1.29, 1.82) is 0 Å². The minimum absolute atomic E-state index is 0.0309. The van der Waals surface area contributed by atoms with Crippen molar-refractivity contribution >= 4 is 33.4 Å². The topological polar surface area (TPSA) is 49.4 Å². The van der Waals surface area contributed by atoms with E-state index >= 15 is 0 Å². The maximum Gasteiger partial charge on any atom is 0.250 e. The summed E-state index contributed by atoms with van der Waals surface area (Å²) in [6.07, 6.45) is 0.846. The van der Waals surface area contributed by atoms with E-state index in [1.807, 2.05) is 39.8 Å². The number of hydrogen-bond donors (Lipinski definition) is 1. The molecule has 0 radical (unpaired) electrons. The summed E-state index contributed by atoms with van der Waals surface area (Å²) in [5.74, 6) is -0.0165. The molecule has 2 unspecified atom stereocenters. The van der Waals surface area contributed by atoms with Crippen LogP contribution in [0.1, 0.15) is 31.4 Å². The van der Waals surface area contributed by atoms with Gasteiger partial charge in [0.1, 0.15) is 12.6 Å². The van der Waals surface area contributed by atoms with Gasteiger partial charge < -0.3 is 5.32 Å². The summed E-state index contributed by atoms with van der Waals surface area (Å²) in [5, 5.41) is 2.82. The number of nitrogens with zero attached hydrogens (tertiary/aromatic N) is 1. The number of halogens is 1. The van der Waals surface area contributed by atoms with Crippen LogP contribution in [0.4, 0.5) is 5.69 Å². The van der Waals surface area contributed by atoms with Crippen molar-refractivity contribution < 1.29 is 9.59 Å². The highest BCUT2D eigenvalue weighted by atomic mass is 79.9. The summed E-state index contributed by atoms with van der Waals surface area (Å²) < 4.78 is 0.853. The zero-order valence-electron chi connectivity index (χ0n) is 12.9. The summed E-state index contributed by atoms with van der Waals surface area (Å²) in [6, 6.07) is 3.56. The predicted molar refractivity (Wildman–Crippen MR) is 87.4 cm³/mol. The van der Waals surface area contributed by atoms with Crippen LogP contribution in [-0.2, 0) is 9.59 Å². The zero-order chi connectivity index (χ0) is 15.7. The first-order valence-electron chi connectivity index (χ1n) is 7.22. The van der Waals surface area contributed by atoms with Crippen LogP contribution in [0.5, 0.6) is 0 Å². The molecule has 1 heterocycles. The van der Waals surface area contributed by atoms with E-state index in [1.165, 1.54) is 0 Å². The molecule has 21 heavy (non-hydrogen) atoms. The van der Waals surface area contributed by atoms with Gasteiger partial charge in [-0.25, -0.2) is 0 Å². The Kier molecular flexibility index (Phi) is 4.71. The number of carbonyl (C=O) groups excluding carboxylic acids is 2. The highest BCUT2D eigenvalue weighted by Gasteiger charge is 2.37. The van der Waals surface area contributed by atoms with Gasteiger partial charge in [0, 0.05) is 4.47 Å². The zero-order valence-corrected chi connectivity index (χ0v) is 14.5. The molecule has 1 N–H and O–H groups in total. The molecule has 1 fully saturated rings. The SMILES string of the molecule is CCC(C)C1NC(=O)CN(c2c(C)cc(C)cc2Br)C1=O. The number of piperazine rings is 1. The van der Waals surface area contributed by atoms with E-state index in [0.29, 0.717) is 0 Å². The normalized spacial score (nSPS) is 20.4. The second-order valence-corrected chi connectivity index (χ2v) is 6.62. The third kappa shape index (κ3) is 3.12. The van der Waals surface area contributed by atoms with E-state index in [-0.39, 0.29) is 24.3 Å². The van der Waals surface area contributed by atoms with Gasteiger partial charge in [-0.2, -0.15) is 0 Å². The second kappa shape index (κ2) is 6.18. The summed E-state index contributed by atoms with van der Waals surface area (Å²) in [4.78, 5) is 26.3. The van der Waals surface area contributed by atoms with E-state index in [0.717, 1.165) is 27.7 Å². The van der Waals surface area contributed by atoms with Crippen molar-refractivity contribution in [3.05, 3.63) is 27.7 Å². The van der Waals surface area contributed by atoms with Crippen LogP contribution in [0.25, 0.3) is 0 Å². The van der Waals surface area contributed by atoms with E-state index in [1.54, 1.807) is 4.90 Å². The number of rotatable bonds is 3. The number of carbonyl (C=O) groups is 2. The minimum atomic E-state index is -0.441. The number of benzene rings is 1. The van der Waals surface area contributed by atoms with Gasteiger partial charge in [-0.1, -0.05) is 26.3 Å². The highest BCUT2D eigenvalue weighted by molar-refractivity contribution is 9.10. The van der Waals surface area contributed by atoms with Crippen molar-refractivity contribution in [3.8, 4) is 0 Å². The lowest BCUT2D eigenvalue weighted by molar-refractivity contribution is -0.132. The number of anilines is 1. The molecule has 5 heteroatoms. The third-order valence-electron chi connectivity index (χ3n) is 4.03. The lowest BCUT2D eigenvalue weighted by Crippen LogP contribution is -2.60. The van der Waals surface area contributed by atoms with E-state index in [4.69, 9.17) is 0 Å². The molecule has 0 aromatic heterocycles. The lowest BCUT2D eigenvalue weighted by atomic mass is 9.95. The molecule has 0 saturated carbocycles. The predicted octanol–water partition coefficient (Wildman–Crippen LogP) is 2.94. The second-order valence-electron chi connectivity index (χ2n) is 5.77. The summed E-state index contributed by atoms with van der Waals surface area (Å²) in [6.45, 7) is 8.06. The molecule has 1 aliphatic rings. The van der Waals surface area contributed by atoms with Crippen LogP contribution < -0.4 is 10.2 Å².